The van der Waals surface area contributed by atoms with Crippen LogP contribution in [0.4, 0.5) is 24.1 Å². The molecule has 8 N–H and O–H groups in total. The molecule has 38 heavy (non-hydrogen) atoms. The van der Waals surface area contributed by atoms with Crippen LogP contribution in [-0.4, -0.2) is 74.0 Å². The van der Waals surface area contributed by atoms with Crippen LogP contribution in [0, 0.1) is 0 Å². The van der Waals surface area contributed by atoms with Crippen LogP contribution in [-0.2, 0) is 9.59 Å². The van der Waals surface area contributed by atoms with Crippen LogP contribution in [0.3, 0.4) is 0 Å². The molecule has 2 aliphatic rings. The van der Waals surface area contributed by atoms with E-state index in [2.05, 4.69) is 0 Å². The fourth-order valence-corrected chi connectivity index (χ4v) is 6.28. The molecule has 1 saturated heterocycles. The van der Waals surface area contributed by atoms with E-state index in [0.717, 1.165) is 18.2 Å². The molecule has 4 rings (SSSR count). The zero-order chi connectivity index (χ0) is 28.4. The van der Waals surface area contributed by atoms with Gasteiger partial charge in [0.05, 0.1) is 28.4 Å². The third kappa shape index (κ3) is 2.95. The molecule has 12 nitrogen and oxygen atoms in total. The molecule has 0 spiro atoms. The molecule has 1 fully saturated rings. The maximum Gasteiger partial charge on any atom is 0.519 e. The number of carboxylic acids is 1. The number of nitrogens with zero attached hydrogens (tertiary/aromatic N) is 2. The van der Waals surface area contributed by atoms with Crippen LogP contribution in [0.1, 0.15) is 16.9 Å². The largest absolute Gasteiger partial charge is 0.519 e. The fraction of sp³-hybridized carbons (Fsp3) is 0.261. The summed E-state index contributed by atoms with van der Waals surface area (Å²) in [5, 5.41) is 18.9. The van der Waals surface area contributed by atoms with Gasteiger partial charge in [0.25, 0.3) is 11.4 Å². The van der Waals surface area contributed by atoms with Crippen molar-refractivity contribution in [2.75, 3.05) is 6.54 Å². The highest BCUT2D eigenvalue weighted by Gasteiger charge is 2.85. The lowest BCUT2D eigenvalue weighted by atomic mass is 9.67. The summed E-state index contributed by atoms with van der Waals surface area (Å²) in [5.74, 6) is -5.31. The molecule has 0 saturated carbocycles. The van der Waals surface area contributed by atoms with Crippen molar-refractivity contribution in [3.63, 3.8) is 0 Å². The van der Waals surface area contributed by atoms with Crippen LogP contribution in [0.25, 0.3) is 10.9 Å². The lowest BCUT2D eigenvalue weighted by Gasteiger charge is -2.50. The number of benzene rings is 1. The first-order valence-electron chi connectivity index (χ1n) is 11.0. The molecule has 200 valence electrons. The van der Waals surface area contributed by atoms with Crippen LogP contribution >= 0.6 is 11.6 Å². The van der Waals surface area contributed by atoms with Crippen molar-refractivity contribution in [1.82, 2.24) is 9.05 Å². The average Bonchev–Trinajstić information content (AvgIpc) is 3.34. The number of para-hydroxylation sites is 1. The Hall–Kier alpha value is -4.30. The van der Waals surface area contributed by atoms with Crippen molar-refractivity contribution in [3.8, 4) is 0 Å². The maximum absolute atomic E-state index is 17.5. The van der Waals surface area contributed by atoms with Gasteiger partial charge in [0, 0.05) is 6.42 Å². The molecule has 1 aromatic carbocycles. The molecular formula is C23H21ClF2N5O7+. The summed E-state index contributed by atoms with van der Waals surface area (Å²) in [6, 6.07) is 3.86. The highest BCUT2D eigenvalue weighted by Crippen LogP contribution is 2.58. The number of carboxylic acid groups (broad SMARTS) is 2. The Labute approximate surface area is 217 Å². The summed E-state index contributed by atoms with van der Waals surface area (Å²) in [5.41, 5.74) is 5.76. The number of aromatic nitrogens is 1. The van der Waals surface area contributed by atoms with Crippen LogP contribution in [0.2, 0.25) is 0 Å². The van der Waals surface area contributed by atoms with Gasteiger partial charge < -0.3 is 27.4 Å². The number of amides is 4. The first kappa shape index (κ1) is 26.8. The number of nitrogens with two attached hydrogens (primary N) is 3. The second kappa shape index (κ2) is 8.63. The molecule has 1 aliphatic heterocycles. The molecule has 15 heteroatoms. The fourth-order valence-electron chi connectivity index (χ4n) is 5.91. The van der Waals surface area contributed by atoms with E-state index in [1.165, 1.54) is 24.3 Å². The SMILES string of the molecule is NC(=O)C1=CC=CC(Cl)C1(F)[C@]1(C(=O)O)[C@H](F)CC[N+]1(C(=O)O)c1c(C(N)=O)n(C(N)=O)c2ccccc12. The van der Waals surface area contributed by atoms with Gasteiger partial charge in [-0.1, -0.05) is 30.4 Å². The maximum atomic E-state index is 17.5. The smallest absolute Gasteiger partial charge is 0.476 e. The molecule has 3 unspecified atom stereocenters. The number of fused-ring (bicyclic) bond motifs is 1. The molecule has 1 aliphatic carbocycles. The number of halogens is 3. The first-order valence-corrected chi connectivity index (χ1v) is 11.4. The van der Waals surface area contributed by atoms with E-state index >= 15 is 8.78 Å². The zero-order valence-corrected chi connectivity index (χ0v) is 20.1. The lowest BCUT2D eigenvalue weighted by Crippen LogP contribution is -2.82. The van der Waals surface area contributed by atoms with E-state index in [4.69, 9.17) is 28.8 Å². The quantitative estimate of drug-likeness (QED) is 0.272. The standard InChI is InChI=1S/C23H20ClF2N5O7/c24-13-7-3-5-11(17(27)32)22(13,26)23(19(34)35)14(25)8-9-31(23,21(37)38)16-10-4-1-2-6-12(10)30(20(29)36)15(16)18(28)33/h1-7,13-14H,8-9H2,(H7-,27,28,29,32,33,34,35,36,37,38)/p+1/t13?,14-,22?,23-,31?/m1/s1. The number of hydrogen-bond acceptors (Lipinski definition) is 5. The molecule has 0 radical (unpaired) electrons. The molecule has 4 amide bonds. The van der Waals surface area contributed by atoms with Gasteiger partial charge in [0.2, 0.25) is 11.6 Å². The second-order valence-electron chi connectivity index (χ2n) is 8.84. The minimum Gasteiger partial charge on any atom is -0.476 e. The monoisotopic (exact) mass is 552 g/mol. The Morgan fingerprint density at radius 1 is 1.08 bits per heavy atom. The number of alkyl halides is 3. The summed E-state index contributed by atoms with van der Waals surface area (Å²) in [4.78, 5) is 63.9. The highest BCUT2D eigenvalue weighted by molar-refractivity contribution is 6.25. The molecule has 0 bridgehead atoms. The minimum absolute atomic E-state index is 0.186. The normalized spacial score (nSPS) is 30.7. The molecular weight excluding hydrogens is 532 g/mol. The molecule has 2 heterocycles. The van der Waals surface area contributed by atoms with Crippen LogP contribution in [0.5, 0.6) is 0 Å². The number of primary amides is 3. The van der Waals surface area contributed by atoms with Crippen LogP contribution in [0.15, 0.2) is 48.1 Å². The van der Waals surface area contributed by atoms with E-state index in [0.29, 0.717) is 4.57 Å². The van der Waals surface area contributed by atoms with Gasteiger partial charge >= 0.3 is 18.1 Å². The molecule has 5 atom stereocenters. The third-order valence-corrected chi connectivity index (χ3v) is 7.69. The predicted octanol–water partition coefficient (Wildman–Crippen LogP) is 1.51. The number of carbonyl (C=O) groups is 5. The molecule has 1 aromatic heterocycles. The Kier molecular flexibility index (Phi) is 6.08. The van der Waals surface area contributed by atoms with Crippen molar-refractivity contribution in [3.05, 3.63) is 53.8 Å². The number of hydrogen-bond donors (Lipinski definition) is 5. The topological polar surface area (TPSA) is 209 Å². The van der Waals surface area contributed by atoms with E-state index in [1.807, 2.05) is 0 Å². The minimum atomic E-state index is -3.79. The Bertz CT molecular complexity index is 1510. The predicted molar refractivity (Wildman–Crippen MR) is 130 cm³/mol. The summed E-state index contributed by atoms with van der Waals surface area (Å²) < 4.78 is 32.1. The van der Waals surface area contributed by atoms with E-state index in [1.54, 1.807) is 0 Å². The third-order valence-electron chi connectivity index (χ3n) is 7.24. The number of carbonyl (C=O) groups excluding carboxylic acids is 3. The number of aliphatic carboxylic acids is 1. The van der Waals surface area contributed by atoms with Gasteiger partial charge in [-0.05, 0) is 12.1 Å². The van der Waals surface area contributed by atoms with Crippen molar-refractivity contribution >= 4 is 58.1 Å². The van der Waals surface area contributed by atoms with Gasteiger partial charge in [-0.3, -0.25) is 14.2 Å². The Balaban J connectivity index is 2.32. The van der Waals surface area contributed by atoms with Gasteiger partial charge in [0.1, 0.15) is 0 Å². The summed E-state index contributed by atoms with van der Waals surface area (Å²) in [6.45, 7) is -0.957. The average molecular weight is 553 g/mol. The highest BCUT2D eigenvalue weighted by atomic mass is 35.5. The first-order chi connectivity index (χ1) is 17.7. The van der Waals surface area contributed by atoms with Crippen LogP contribution < -0.4 is 21.7 Å². The Morgan fingerprint density at radius 2 is 1.71 bits per heavy atom. The zero-order valence-electron chi connectivity index (χ0n) is 19.3. The van der Waals surface area contributed by atoms with Gasteiger partial charge in [0.15, 0.2) is 17.6 Å². The number of allylic oxidation sites excluding steroid dienone is 3. The van der Waals surface area contributed by atoms with Crippen molar-refractivity contribution < 1.29 is 43.0 Å². The van der Waals surface area contributed by atoms with Crippen molar-refractivity contribution in [1.29, 1.82) is 0 Å². The number of rotatable bonds is 5. The number of likely N-dealkylation sites (tertiary alicyclic amines) is 1. The number of quaternary nitrogens is 1. The summed E-state index contributed by atoms with van der Waals surface area (Å²) in [7, 11) is 0. The van der Waals surface area contributed by atoms with E-state index in [9.17, 15) is 34.2 Å². The summed E-state index contributed by atoms with van der Waals surface area (Å²) >= 11 is 6.22. The summed E-state index contributed by atoms with van der Waals surface area (Å²) in [6.07, 6.45) is -3.07. The van der Waals surface area contributed by atoms with E-state index < -0.39 is 87.1 Å². The van der Waals surface area contributed by atoms with Gasteiger partial charge in [-0.25, -0.2) is 18.4 Å². The second-order valence-corrected chi connectivity index (χ2v) is 9.31. The van der Waals surface area contributed by atoms with Gasteiger partial charge in [-0.15, -0.1) is 11.6 Å². The molecule has 2 aromatic rings. The van der Waals surface area contributed by atoms with E-state index in [-0.39, 0.29) is 10.9 Å². The van der Waals surface area contributed by atoms with Crippen molar-refractivity contribution in [2.45, 2.75) is 29.2 Å². The van der Waals surface area contributed by atoms with Crippen molar-refractivity contribution in [2.24, 2.45) is 17.2 Å². The lowest BCUT2D eigenvalue weighted by molar-refractivity contribution is -0.161. The Morgan fingerprint density at radius 3 is 2.24 bits per heavy atom. The van der Waals surface area contributed by atoms with Gasteiger partial charge in [-0.2, -0.15) is 9.28 Å².